The summed E-state index contributed by atoms with van der Waals surface area (Å²) < 4.78 is 0. The Morgan fingerprint density at radius 1 is 1.25 bits per heavy atom. The zero-order chi connectivity index (χ0) is 8.27. The van der Waals surface area contributed by atoms with E-state index in [0.717, 1.165) is 5.56 Å². The predicted octanol–water partition coefficient (Wildman–Crippen LogP) is 1.59. The van der Waals surface area contributed by atoms with Gasteiger partial charge in [-0.1, -0.05) is 5.16 Å². The number of phenols is 1. The molecule has 1 rings (SSSR count). The SMILES string of the molecule is CC(=NO)c1ccc(O)cc1.[Pd]. The van der Waals surface area contributed by atoms with Gasteiger partial charge in [0.25, 0.3) is 0 Å². The summed E-state index contributed by atoms with van der Waals surface area (Å²) in [5.41, 5.74) is 1.33. The van der Waals surface area contributed by atoms with E-state index in [9.17, 15) is 0 Å². The van der Waals surface area contributed by atoms with Gasteiger partial charge in [-0.3, -0.25) is 0 Å². The van der Waals surface area contributed by atoms with Gasteiger partial charge in [0.15, 0.2) is 0 Å². The van der Waals surface area contributed by atoms with Gasteiger partial charge >= 0.3 is 0 Å². The van der Waals surface area contributed by atoms with Crippen molar-refractivity contribution in [1.29, 1.82) is 0 Å². The summed E-state index contributed by atoms with van der Waals surface area (Å²) in [6, 6.07) is 6.46. The van der Waals surface area contributed by atoms with Crippen molar-refractivity contribution in [3.63, 3.8) is 0 Å². The number of hydrogen-bond donors (Lipinski definition) is 2. The van der Waals surface area contributed by atoms with E-state index in [-0.39, 0.29) is 26.2 Å². The second-order valence-corrected chi connectivity index (χ2v) is 2.23. The summed E-state index contributed by atoms with van der Waals surface area (Å²) in [4.78, 5) is 0. The minimum absolute atomic E-state index is 0. The van der Waals surface area contributed by atoms with Gasteiger partial charge in [0, 0.05) is 20.4 Å². The van der Waals surface area contributed by atoms with Crippen molar-refractivity contribution >= 4 is 5.71 Å². The minimum Gasteiger partial charge on any atom is -0.508 e. The van der Waals surface area contributed by atoms with Crippen LogP contribution in [-0.4, -0.2) is 16.0 Å². The van der Waals surface area contributed by atoms with Crippen LogP contribution < -0.4 is 0 Å². The molecule has 12 heavy (non-hydrogen) atoms. The van der Waals surface area contributed by atoms with Gasteiger partial charge < -0.3 is 10.3 Å². The van der Waals surface area contributed by atoms with Crippen LogP contribution in [0.3, 0.4) is 0 Å². The van der Waals surface area contributed by atoms with Crippen molar-refractivity contribution in [3.05, 3.63) is 29.8 Å². The van der Waals surface area contributed by atoms with Crippen LogP contribution in [0.2, 0.25) is 0 Å². The number of rotatable bonds is 1. The van der Waals surface area contributed by atoms with Crippen LogP contribution in [0.4, 0.5) is 0 Å². The largest absolute Gasteiger partial charge is 0.508 e. The zero-order valence-corrected chi connectivity index (χ0v) is 8.02. The molecule has 0 radical (unpaired) electrons. The predicted molar refractivity (Wildman–Crippen MR) is 42.1 cm³/mol. The molecule has 0 bridgehead atoms. The molecule has 0 spiro atoms. The smallest absolute Gasteiger partial charge is 0.115 e. The second-order valence-electron chi connectivity index (χ2n) is 2.23. The van der Waals surface area contributed by atoms with E-state index in [1.165, 1.54) is 0 Å². The molecular formula is C8H9NO2Pd. The average molecular weight is 258 g/mol. The van der Waals surface area contributed by atoms with Crippen molar-refractivity contribution in [2.45, 2.75) is 6.92 Å². The molecule has 0 amide bonds. The van der Waals surface area contributed by atoms with Crippen LogP contribution in [0.5, 0.6) is 5.75 Å². The van der Waals surface area contributed by atoms with Gasteiger partial charge in [-0.25, -0.2) is 0 Å². The van der Waals surface area contributed by atoms with Crippen molar-refractivity contribution in [1.82, 2.24) is 0 Å². The third kappa shape index (κ3) is 2.65. The number of phenolic OH excluding ortho intramolecular Hbond substituents is 1. The van der Waals surface area contributed by atoms with Crippen molar-refractivity contribution in [3.8, 4) is 5.75 Å². The molecule has 0 aliphatic carbocycles. The fourth-order valence-corrected chi connectivity index (χ4v) is 0.760. The second kappa shape index (κ2) is 4.92. The molecule has 0 aliphatic rings. The van der Waals surface area contributed by atoms with Gasteiger partial charge in [-0.05, 0) is 36.8 Å². The maximum Gasteiger partial charge on any atom is 0.115 e. The molecule has 2 N–H and O–H groups in total. The Morgan fingerprint density at radius 2 is 1.75 bits per heavy atom. The Bertz CT molecular complexity index is 269. The Hall–Kier alpha value is -0.848. The molecule has 4 heteroatoms. The topological polar surface area (TPSA) is 52.8 Å². The standard InChI is InChI=1S/C8H9NO2.Pd/c1-6(9-11)7-2-4-8(10)5-3-7;/h2-5,10-11H,1H3;. The van der Waals surface area contributed by atoms with Crippen LogP contribution in [0.1, 0.15) is 12.5 Å². The maximum atomic E-state index is 8.91. The molecule has 1 aromatic carbocycles. The first-order valence-electron chi connectivity index (χ1n) is 3.22. The molecule has 3 nitrogen and oxygen atoms in total. The van der Waals surface area contributed by atoms with Crippen molar-refractivity contribution in [2.75, 3.05) is 0 Å². The van der Waals surface area contributed by atoms with E-state index in [1.54, 1.807) is 31.2 Å². The molecule has 0 unspecified atom stereocenters. The number of nitrogens with zero attached hydrogens (tertiary/aromatic N) is 1. The Morgan fingerprint density at radius 3 is 2.17 bits per heavy atom. The van der Waals surface area contributed by atoms with Gasteiger partial charge in [-0.2, -0.15) is 0 Å². The molecule has 68 valence electrons. The number of benzene rings is 1. The fourth-order valence-electron chi connectivity index (χ4n) is 0.760. The van der Waals surface area contributed by atoms with Crippen LogP contribution in [0.15, 0.2) is 29.4 Å². The first kappa shape index (κ1) is 11.2. The summed E-state index contributed by atoms with van der Waals surface area (Å²) in [7, 11) is 0. The van der Waals surface area contributed by atoms with Crippen molar-refractivity contribution in [2.24, 2.45) is 5.16 Å². The Labute approximate surface area is 84.4 Å². The number of aromatic hydroxyl groups is 1. The fraction of sp³-hybridized carbons (Fsp3) is 0.125. The van der Waals surface area contributed by atoms with Gasteiger partial charge in [0.05, 0.1) is 5.71 Å². The minimum atomic E-state index is 0. The van der Waals surface area contributed by atoms with Gasteiger partial charge in [-0.15, -0.1) is 0 Å². The first-order valence-corrected chi connectivity index (χ1v) is 3.22. The Balaban J connectivity index is 0.00000121. The van der Waals surface area contributed by atoms with E-state index < -0.39 is 0 Å². The molecule has 0 saturated heterocycles. The van der Waals surface area contributed by atoms with E-state index in [0.29, 0.717) is 5.71 Å². The summed E-state index contributed by atoms with van der Waals surface area (Å²) in [5, 5.41) is 20.3. The Kier molecular flexibility index (Phi) is 4.57. The molecule has 0 heterocycles. The third-order valence-corrected chi connectivity index (χ3v) is 1.44. The zero-order valence-electron chi connectivity index (χ0n) is 6.47. The van der Waals surface area contributed by atoms with Crippen LogP contribution in [0.25, 0.3) is 0 Å². The summed E-state index contributed by atoms with van der Waals surface area (Å²) in [6.07, 6.45) is 0. The van der Waals surface area contributed by atoms with E-state index in [1.807, 2.05) is 0 Å². The van der Waals surface area contributed by atoms with Crippen LogP contribution >= 0.6 is 0 Å². The molecule has 0 saturated carbocycles. The number of oxime groups is 1. The summed E-state index contributed by atoms with van der Waals surface area (Å²) >= 11 is 0. The molecule has 0 aromatic heterocycles. The molecule has 0 fully saturated rings. The first-order chi connectivity index (χ1) is 5.24. The molecular weight excluding hydrogens is 249 g/mol. The van der Waals surface area contributed by atoms with Gasteiger partial charge in [0.1, 0.15) is 5.75 Å². The monoisotopic (exact) mass is 257 g/mol. The third-order valence-electron chi connectivity index (χ3n) is 1.44. The summed E-state index contributed by atoms with van der Waals surface area (Å²) in [5.74, 6) is 0.208. The maximum absolute atomic E-state index is 8.91. The van der Waals surface area contributed by atoms with Crippen LogP contribution in [0, 0.1) is 0 Å². The molecule has 1 aromatic rings. The van der Waals surface area contributed by atoms with Gasteiger partial charge in [0.2, 0.25) is 0 Å². The summed E-state index contributed by atoms with van der Waals surface area (Å²) in [6.45, 7) is 1.69. The average Bonchev–Trinajstić information content (AvgIpc) is 2.05. The van der Waals surface area contributed by atoms with E-state index in [4.69, 9.17) is 10.3 Å². The molecule has 0 atom stereocenters. The van der Waals surface area contributed by atoms with Crippen LogP contribution in [-0.2, 0) is 20.4 Å². The van der Waals surface area contributed by atoms with E-state index in [2.05, 4.69) is 5.16 Å². The number of hydrogen-bond acceptors (Lipinski definition) is 3. The van der Waals surface area contributed by atoms with Crippen molar-refractivity contribution < 1.29 is 30.7 Å². The van der Waals surface area contributed by atoms with E-state index >= 15 is 0 Å². The molecule has 0 aliphatic heterocycles. The quantitative estimate of drug-likeness (QED) is 0.347. The normalized spacial score (nSPS) is 10.6.